The Bertz CT molecular complexity index is 482. The number of amides is 1. The molecule has 0 saturated heterocycles. The van der Waals surface area contributed by atoms with E-state index in [1.165, 1.54) is 5.56 Å². The molecule has 0 aliphatic carbocycles. The molecule has 0 fully saturated rings. The summed E-state index contributed by atoms with van der Waals surface area (Å²) in [6.07, 6.45) is 1.61. The molecule has 0 bridgehead atoms. The third kappa shape index (κ3) is 9.08. The molecule has 0 radical (unpaired) electrons. The van der Waals surface area contributed by atoms with Crippen molar-refractivity contribution in [3.05, 3.63) is 35.4 Å². The number of hydrogen-bond donors (Lipinski definition) is 1. The normalized spacial score (nSPS) is 12.7. The third-order valence-corrected chi connectivity index (χ3v) is 5.49. The van der Waals surface area contributed by atoms with Crippen molar-refractivity contribution < 1.29 is 14.3 Å². The molecule has 1 rings (SSSR count). The van der Waals surface area contributed by atoms with Crippen LogP contribution in [-0.2, 0) is 9.47 Å². The van der Waals surface area contributed by atoms with Gasteiger partial charge in [0.25, 0.3) is 0 Å². The van der Waals surface area contributed by atoms with Crippen molar-refractivity contribution in [3.63, 3.8) is 0 Å². The molecule has 1 aromatic carbocycles. The van der Waals surface area contributed by atoms with Crippen LogP contribution in [0.15, 0.2) is 24.3 Å². The Morgan fingerprint density at radius 3 is 2.42 bits per heavy atom. The Kier molecular flexibility index (Phi) is 9.07. The Hall–Kier alpha value is -1.33. The van der Waals surface area contributed by atoms with E-state index in [4.69, 9.17) is 9.47 Å². The molecule has 24 heavy (non-hydrogen) atoms. The second-order valence-electron chi connectivity index (χ2n) is 7.45. The Labute approximate surface area is 147 Å². The van der Waals surface area contributed by atoms with Crippen LogP contribution >= 0.6 is 0 Å². The van der Waals surface area contributed by atoms with Crippen LogP contribution in [0.4, 0.5) is 4.79 Å². The van der Waals surface area contributed by atoms with E-state index in [9.17, 15) is 4.79 Å². The van der Waals surface area contributed by atoms with Crippen LogP contribution in [0, 0.1) is 6.92 Å². The zero-order valence-electron chi connectivity index (χ0n) is 15.9. The van der Waals surface area contributed by atoms with E-state index >= 15 is 0 Å². The summed E-state index contributed by atoms with van der Waals surface area (Å²) in [5.41, 5.74) is 2.30. The molecular formula is C19H33NO3Si. The fourth-order valence-corrected chi connectivity index (χ4v) is 2.82. The van der Waals surface area contributed by atoms with Crippen LogP contribution in [-0.4, -0.2) is 33.9 Å². The number of aryl methyl sites for hydroxylation is 1. The second-order valence-corrected chi connectivity index (χ2v) is 13.1. The van der Waals surface area contributed by atoms with E-state index in [1.807, 2.05) is 0 Å². The zero-order valence-corrected chi connectivity index (χ0v) is 16.9. The van der Waals surface area contributed by atoms with E-state index in [0.717, 1.165) is 24.4 Å². The van der Waals surface area contributed by atoms with Gasteiger partial charge in [0.1, 0.15) is 0 Å². The van der Waals surface area contributed by atoms with E-state index in [2.05, 4.69) is 63.1 Å². The fraction of sp³-hybridized carbons (Fsp3) is 0.632. The third-order valence-electron chi connectivity index (χ3n) is 3.78. The molecule has 0 aliphatic rings. The van der Waals surface area contributed by atoms with E-state index in [0.29, 0.717) is 19.8 Å². The van der Waals surface area contributed by atoms with Crippen LogP contribution in [0.2, 0.25) is 25.7 Å². The van der Waals surface area contributed by atoms with Gasteiger partial charge in [-0.05, 0) is 25.0 Å². The molecule has 1 atom stereocenters. The topological polar surface area (TPSA) is 47.6 Å². The van der Waals surface area contributed by atoms with Gasteiger partial charge in [-0.2, -0.15) is 0 Å². The summed E-state index contributed by atoms with van der Waals surface area (Å²) in [7, 11) is -1.18. The van der Waals surface area contributed by atoms with E-state index in [1.54, 1.807) is 0 Å². The van der Waals surface area contributed by atoms with Gasteiger partial charge in [0.2, 0.25) is 0 Å². The number of rotatable bonds is 10. The Morgan fingerprint density at radius 1 is 1.17 bits per heavy atom. The average Bonchev–Trinajstić information content (AvgIpc) is 2.50. The SMILES string of the molecule is CCCCOC(CNC(=O)OCC[Si](C)(C)C)c1ccc(C)cc1. The first-order valence-corrected chi connectivity index (χ1v) is 12.6. The van der Waals surface area contributed by atoms with Crippen molar-refractivity contribution in [3.8, 4) is 0 Å². The summed E-state index contributed by atoms with van der Waals surface area (Å²) in [4.78, 5) is 11.9. The number of unbranched alkanes of at least 4 members (excludes halogenated alkanes) is 1. The Morgan fingerprint density at radius 2 is 1.83 bits per heavy atom. The maximum absolute atomic E-state index is 11.9. The maximum atomic E-state index is 11.9. The largest absolute Gasteiger partial charge is 0.450 e. The minimum Gasteiger partial charge on any atom is -0.450 e. The highest BCUT2D eigenvalue weighted by Gasteiger charge is 2.16. The van der Waals surface area contributed by atoms with Crippen molar-refractivity contribution >= 4 is 14.2 Å². The molecule has 0 aromatic heterocycles. The van der Waals surface area contributed by atoms with Gasteiger partial charge in [0.05, 0.1) is 19.3 Å². The molecule has 1 amide bonds. The van der Waals surface area contributed by atoms with Crippen molar-refractivity contribution in [2.45, 2.75) is 58.5 Å². The number of carbonyl (C=O) groups is 1. The van der Waals surface area contributed by atoms with Gasteiger partial charge in [-0.15, -0.1) is 0 Å². The summed E-state index contributed by atoms with van der Waals surface area (Å²) in [5, 5.41) is 2.84. The number of nitrogens with one attached hydrogen (secondary N) is 1. The highest BCUT2D eigenvalue weighted by atomic mass is 28.3. The lowest BCUT2D eigenvalue weighted by molar-refractivity contribution is 0.0491. The molecule has 0 saturated carbocycles. The molecule has 1 N–H and O–H groups in total. The van der Waals surface area contributed by atoms with Gasteiger partial charge in [-0.25, -0.2) is 4.79 Å². The summed E-state index contributed by atoms with van der Waals surface area (Å²) in [5.74, 6) is 0. The average molecular weight is 352 g/mol. The van der Waals surface area contributed by atoms with Gasteiger partial charge in [0.15, 0.2) is 0 Å². The monoisotopic (exact) mass is 351 g/mol. The molecule has 1 aromatic rings. The van der Waals surface area contributed by atoms with E-state index < -0.39 is 8.07 Å². The predicted octanol–water partition coefficient (Wildman–Crippen LogP) is 4.92. The summed E-state index contributed by atoms with van der Waals surface area (Å²) in [6, 6.07) is 9.23. The highest BCUT2D eigenvalue weighted by Crippen LogP contribution is 2.18. The van der Waals surface area contributed by atoms with Crippen LogP contribution in [0.25, 0.3) is 0 Å². The van der Waals surface area contributed by atoms with Gasteiger partial charge in [-0.3, -0.25) is 0 Å². The van der Waals surface area contributed by atoms with Crippen LogP contribution in [0.5, 0.6) is 0 Å². The van der Waals surface area contributed by atoms with Crippen molar-refractivity contribution in [2.75, 3.05) is 19.8 Å². The fourth-order valence-electron chi connectivity index (χ4n) is 2.10. The summed E-state index contributed by atoms with van der Waals surface area (Å²) >= 11 is 0. The quantitative estimate of drug-likeness (QED) is 0.481. The highest BCUT2D eigenvalue weighted by molar-refractivity contribution is 6.76. The molecule has 1 unspecified atom stereocenters. The van der Waals surface area contributed by atoms with E-state index in [-0.39, 0.29) is 12.2 Å². The maximum Gasteiger partial charge on any atom is 0.407 e. The molecule has 5 heteroatoms. The van der Waals surface area contributed by atoms with Gasteiger partial charge in [0, 0.05) is 14.7 Å². The molecule has 4 nitrogen and oxygen atoms in total. The van der Waals surface area contributed by atoms with Crippen molar-refractivity contribution in [2.24, 2.45) is 0 Å². The lowest BCUT2D eigenvalue weighted by atomic mass is 10.1. The van der Waals surface area contributed by atoms with Crippen molar-refractivity contribution in [1.82, 2.24) is 5.32 Å². The van der Waals surface area contributed by atoms with Crippen LogP contribution in [0.1, 0.15) is 37.0 Å². The van der Waals surface area contributed by atoms with Crippen molar-refractivity contribution in [1.29, 1.82) is 0 Å². The summed E-state index contributed by atoms with van der Waals surface area (Å²) < 4.78 is 11.2. The number of hydrogen-bond acceptors (Lipinski definition) is 3. The first-order chi connectivity index (χ1) is 11.3. The minimum absolute atomic E-state index is 0.137. The smallest absolute Gasteiger partial charge is 0.407 e. The lowest BCUT2D eigenvalue weighted by Crippen LogP contribution is -2.31. The van der Waals surface area contributed by atoms with Gasteiger partial charge in [-0.1, -0.05) is 62.8 Å². The predicted molar refractivity (Wildman–Crippen MR) is 102 cm³/mol. The molecular weight excluding hydrogens is 318 g/mol. The molecule has 0 heterocycles. The number of alkyl carbamates (subject to hydrolysis) is 1. The number of benzene rings is 1. The van der Waals surface area contributed by atoms with Crippen LogP contribution < -0.4 is 5.32 Å². The number of ether oxygens (including phenoxy) is 2. The zero-order chi connectivity index (χ0) is 18.0. The molecule has 0 aliphatic heterocycles. The first-order valence-electron chi connectivity index (χ1n) is 8.90. The first kappa shape index (κ1) is 20.7. The second kappa shape index (κ2) is 10.5. The molecule has 136 valence electrons. The summed E-state index contributed by atoms with van der Waals surface area (Å²) in [6.45, 7) is 12.6. The minimum atomic E-state index is -1.18. The van der Waals surface area contributed by atoms with Crippen LogP contribution in [0.3, 0.4) is 0 Å². The Balaban J connectivity index is 2.49. The van der Waals surface area contributed by atoms with Gasteiger partial charge < -0.3 is 14.8 Å². The lowest BCUT2D eigenvalue weighted by Gasteiger charge is -2.20. The number of carbonyl (C=O) groups excluding carboxylic acids is 1. The molecule has 0 spiro atoms. The van der Waals surface area contributed by atoms with Gasteiger partial charge >= 0.3 is 6.09 Å². The standard InChI is InChI=1S/C19H33NO3Si/c1-6-7-12-22-18(17-10-8-16(2)9-11-17)15-20-19(21)23-13-14-24(3,4)5/h8-11,18H,6-7,12-15H2,1-5H3,(H,20,21).